The third-order valence-electron chi connectivity index (χ3n) is 3.53. The first-order valence-electron chi connectivity index (χ1n) is 7.45. The van der Waals surface area contributed by atoms with E-state index in [0.29, 0.717) is 13.1 Å². The molecule has 0 atom stereocenters. The van der Waals surface area contributed by atoms with Crippen LogP contribution in [0.1, 0.15) is 20.3 Å². The van der Waals surface area contributed by atoms with Crippen molar-refractivity contribution in [2.45, 2.75) is 26.8 Å². The van der Waals surface area contributed by atoms with Gasteiger partial charge < -0.3 is 19.9 Å². The quantitative estimate of drug-likeness (QED) is 0.859. The third-order valence-corrected chi connectivity index (χ3v) is 3.53. The van der Waals surface area contributed by atoms with Crippen molar-refractivity contribution in [1.82, 2.24) is 9.47 Å². The molecule has 21 heavy (non-hydrogen) atoms. The highest BCUT2D eigenvalue weighted by Gasteiger charge is 2.11. The van der Waals surface area contributed by atoms with Crippen molar-refractivity contribution in [3.63, 3.8) is 0 Å². The number of carbonyl (C=O) groups is 1. The number of nitrogens with one attached hydrogen (secondary N) is 1. The first-order valence-corrected chi connectivity index (χ1v) is 7.45. The summed E-state index contributed by atoms with van der Waals surface area (Å²) in [5.41, 5.74) is 1.90. The van der Waals surface area contributed by atoms with Gasteiger partial charge in [0.1, 0.15) is 0 Å². The molecule has 0 bridgehead atoms. The molecule has 0 aliphatic rings. The van der Waals surface area contributed by atoms with Gasteiger partial charge in [-0.1, -0.05) is 13.0 Å². The van der Waals surface area contributed by atoms with Crippen molar-refractivity contribution in [2.75, 3.05) is 25.0 Å². The lowest BCUT2D eigenvalue weighted by Gasteiger charge is -2.20. The Morgan fingerprint density at radius 3 is 2.81 bits per heavy atom. The zero-order chi connectivity index (χ0) is 15.2. The Morgan fingerprint density at radius 2 is 2.14 bits per heavy atom. The van der Waals surface area contributed by atoms with Gasteiger partial charge in [0.25, 0.3) is 0 Å². The number of aliphatic hydroxyl groups excluding tert-OH is 1. The van der Waals surface area contributed by atoms with Crippen LogP contribution in [-0.2, 0) is 6.54 Å². The van der Waals surface area contributed by atoms with Gasteiger partial charge >= 0.3 is 6.03 Å². The maximum absolute atomic E-state index is 12.1. The maximum atomic E-state index is 12.1. The largest absolute Gasteiger partial charge is 0.395 e. The summed E-state index contributed by atoms with van der Waals surface area (Å²) in [6, 6.07) is 7.82. The fraction of sp³-hybridized carbons (Fsp3) is 0.438. The number of aromatic nitrogens is 1. The summed E-state index contributed by atoms with van der Waals surface area (Å²) in [7, 11) is 0. The lowest BCUT2D eigenvalue weighted by molar-refractivity contribution is 0.192. The van der Waals surface area contributed by atoms with E-state index in [-0.39, 0.29) is 12.6 Å². The highest BCUT2D eigenvalue weighted by molar-refractivity contribution is 5.92. The van der Waals surface area contributed by atoms with Gasteiger partial charge in [0.2, 0.25) is 0 Å². The number of anilines is 1. The van der Waals surface area contributed by atoms with Gasteiger partial charge in [-0.2, -0.15) is 0 Å². The minimum Gasteiger partial charge on any atom is -0.395 e. The highest BCUT2D eigenvalue weighted by atomic mass is 16.3. The molecule has 2 amide bonds. The Balaban J connectivity index is 2.18. The van der Waals surface area contributed by atoms with E-state index in [4.69, 9.17) is 5.11 Å². The number of likely N-dealkylation sites (N-methyl/N-ethyl adjacent to an activating group) is 1. The third kappa shape index (κ3) is 3.55. The molecule has 5 heteroatoms. The Labute approximate surface area is 125 Å². The molecular weight excluding hydrogens is 266 g/mol. The van der Waals surface area contributed by atoms with Crippen LogP contribution in [0, 0.1) is 0 Å². The van der Waals surface area contributed by atoms with Crippen molar-refractivity contribution in [1.29, 1.82) is 0 Å². The number of aryl methyl sites for hydroxylation is 1. The predicted molar refractivity (Wildman–Crippen MR) is 85.6 cm³/mol. The second-order valence-electron chi connectivity index (χ2n) is 5.02. The number of rotatable bonds is 6. The Bertz CT molecular complexity index is 607. The first kappa shape index (κ1) is 15.4. The molecule has 0 spiro atoms. The van der Waals surface area contributed by atoms with Crippen LogP contribution in [0.5, 0.6) is 0 Å². The second kappa shape index (κ2) is 7.13. The zero-order valence-corrected chi connectivity index (χ0v) is 12.7. The van der Waals surface area contributed by atoms with Crippen molar-refractivity contribution in [2.24, 2.45) is 0 Å². The van der Waals surface area contributed by atoms with Gasteiger partial charge in [-0.05, 0) is 36.9 Å². The minimum atomic E-state index is -0.181. The normalized spacial score (nSPS) is 10.8. The summed E-state index contributed by atoms with van der Waals surface area (Å²) in [5, 5.41) is 13.0. The van der Waals surface area contributed by atoms with Crippen molar-refractivity contribution >= 4 is 22.6 Å². The van der Waals surface area contributed by atoms with Crippen LogP contribution >= 0.6 is 0 Å². The van der Waals surface area contributed by atoms with Crippen LogP contribution in [-0.4, -0.2) is 40.3 Å². The molecule has 0 radical (unpaired) electrons. The maximum Gasteiger partial charge on any atom is 0.321 e. The minimum absolute atomic E-state index is 0.0281. The first-order chi connectivity index (χ1) is 10.2. The lowest BCUT2D eigenvalue weighted by atomic mass is 10.2. The SMILES string of the molecule is CCCn1ccc2ccc(NC(=O)N(CC)CCO)cc21. The molecule has 114 valence electrons. The van der Waals surface area contributed by atoms with Crippen LogP contribution in [0.3, 0.4) is 0 Å². The van der Waals surface area contributed by atoms with E-state index in [9.17, 15) is 4.79 Å². The van der Waals surface area contributed by atoms with Crippen molar-refractivity contribution < 1.29 is 9.90 Å². The number of urea groups is 1. The van der Waals surface area contributed by atoms with Crippen molar-refractivity contribution in [3.8, 4) is 0 Å². The summed E-state index contributed by atoms with van der Waals surface area (Å²) in [4.78, 5) is 13.7. The molecule has 0 aliphatic heterocycles. The Hall–Kier alpha value is -2.01. The Morgan fingerprint density at radius 1 is 1.33 bits per heavy atom. The van der Waals surface area contributed by atoms with Crippen LogP contribution in [0.2, 0.25) is 0 Å². The number of hydrogen-bond donors (Lipinski definition) is 2. The zero-order valence-electron chi connectivity index (χ0n) is 12.7. The summed E-state index contributed by atoms with van der Waals surface area (Å²) in [6.45, 7) is 5.89. The van der Waals surface area contributed by atoms with E-state index in [1.807, 2.05) is 25.1 Å². The molecule has 0 saturated carbocycles. The summed E-state index contributed by atoms with van der Waals surface area (Å²) < 4.78 is 2.19. The number of benzene rings is 1. The van der Waals surface area contributed by atoms with E-state index >= 15 is 0 Å². The number of carbonyl (C=O) groups excluding carboxylic acids is 1. The molecule has 0 unspecified atom stereocenters. The molecule has 2 aromatic rings. The van der Waals surface area contributed by atoms with Crippen LogP contribution in [0.4, 0.5) is 10.5 Å². The van der Waals surface area contributed by atoms with Crippen LogP contribution in [0.15, 0.2) is 30.5 Å². The molecule has 0 saturated heterocycles. The van der Waals surface area contributed by atoms with E-state index in [0.717, 1.165) is 24.2 Å². The predicted octanol–water partition coefficient (Wildman–Crippen LogP) is 2.90. The fourth-order valence-electron chi connectivity index (χ4n) is 2.42. The average molecular weight is 289 g/mol. The summed E-state index contributed by atoms with van der Waals surface area (Å²) >= 11 is 0. The Kier molecular flexibility index (Phi) is 5.22. The molecule has 2 rings (SSSR count). The molecular formula is C16H23N3O2. The second-order valence-corrected chi connectivity index (χ2v) is 5.02. The molecule has 1 aromatic carbocycles. The highest BCUT2D eigenvalue weighted by Crippen LogP contribution is 2.21. The monoisotopic (exact) mass is 289 g/mol. The molecule has 0 fully saturated rings. The van der Waals surface area contributed by atoms with Crippen molar-refractivity contribution in [3.05, 3.63) is 30.5 Å². The average Bonchev–Trinajstić information content (AvgIpc) is 2.88. The van der Waals surface area contributed by atoms with E-state index in [2.05, 4.69) is 29.1 Å². The van der Waals surface area contributed by atoms with Gasteiger partial charge in [0.15, 0.2) is 0 Å². The van der Waals surface area contributed by atoms with Gasteiger partial charge in [-0.25, -0.2) is 4.79 Å². The standard InChI is InChI=1S/C16H23N3O2/c1-3-8-19-9-7-13-5-6-14(12-15(13)19)17-16(21)18(4-2)10-11-20/h5-7,9,12,20H,3-4,8,10-11H2,1-2H3,(H,17,21). The molecule has 1 aromatic heterocycles. The van der Waals surface area contributed by atoms with E-state index < -0.39 is 0 Å². The number of aliphatic hydroxyl groups is 1. The number of nitrogens with zero attached hydrogens (tertiary/aromatic N) is 2. The van der Waals surface area contributed by atoms with Gasteiger partial charge in [0.05, 0.1) is 12.1 Å². The van der Waals surface area contributed by atoms with E-state index in [1.165, 1.54) is 5.39 Å². The summed E-state index contributed by atoms with van der Waals surface area (Å²) in [5.74, 6) is 0. The van der Waals surface area contributed by atoms with Crippen LogP contribution in [0.25, 0.3) is 10.9 Å². The summed E-state index contributed by atoms with van der Waals surface area (Å²) in [6.07, 6.45) is 3.14. The number of amides is 2. The van der Waals surface area contributed by atoms with Gasteiger partial charge in [0, 0.05) is 31.5 Å². The topological polar surface area (TPSA) is 57.5 Å². The lowest BCUT2D eigenvalue weighted by Crippen LogP contribution is -2.36. The number of fused-ring (bicyclic) bond motifs is 1. The molecule has 0 aliphatic carbocycles. The van der Waals surface area contributed by atoms with E-state index in [1.54, 1.807) is 4.90 Å². The van der Waals surface area contributed by atoms with Gasteiger partial charge in [-0.3, -0.25) is 0 Å². The van der Waals surface area contributed by atoms with Crippen LogP contribution < -0.4 is 5.32 Å². The molecule has 1 heterocycles. The molecule has 2 N–H and O–H groups in total. The fourth-order valence-corrected chi connectivity index (χ4v) is 2.42. The molecule has 5 nitrogen and oxygen atoms in total. The smallest absolute Gasteiger partial charge is 0.321 e. The van der Waals surface area contributed by atoms with Gasteiger partial charge in [-0.15, -0.1) is 0 Å². The number of hydrogen-bond acceptors (Lipinski definition) is 2.